The monoisotopic (exact) mass is 291 g/mol. The van der Waals surface area contributed by atoms with Crippen LogP contribution in [0.4, 0.5) is 0 Å². The number of benzene rings is 1. The molecule has 1 fully saturated rings. The SMILES string of the molecule is COc1ccc(CCC(C)N2CCC(C(=O)O)CC2)cc1. The molecule has 1 aliphatic rings. The van der Waals surface area contributed by atoms with Crippen molar-refractivity contribution in [2.24, 2.45) is 5.92 Å². The van der Waals surface area contributed by atoms with Crippen LogP contribution in [0, 0.1) is 5.92 Å². The van der Waals surface area contributed by atoms with Crippen molar-refractivity contribution in [2.75, 3.05) is 20.2 Å². The number of piperidine rings is 1. The molecule has 1 saturated heterocycles. The highest BCUT2D eigenvalue weighted by molar-refractivity contribution is 5.70. The van der Waals surface area contributed by atoms with E-state index >= 15 is 0 Å². The molecular formula is C17H25NO3. The van der Waals surface area contributed by atoms with Gasteiger partial charge in [-0.1, -0.05) is 12.1 Å². The van der Waals surface area contributed by atoms with Crippen molar-refractivity contribution < 1.29 is 14.6 Å². The first-order valence-electron chi connectivity index (χ1n) is 7.70. The van der Waals surface area contributed by atoms with Crippen LogP contribution in [-0.4, -0.2) is 42.2 Å². The van der Waals surface area contributed by atoms with E-state index in [1.54, 1.807) is 7.11 Å². The van der Waals surface area contributed by atoms with Crippen molar-refractivity contribution >= 4 is 5.97 Å². The van der Waals surface area contributed by atoms with E-state index in [0.717, 1.165) is 44.5 Å². The molecule has 1 aromatic carbocycles. The Hall–Kier alpha value is -1.55. The summed E-state index contributed by atoms with van der Waals surface area (Å²) in [5.41, 5.74) is 1.32. The highest BCUT2D eigenvalue weighted by atomic mass is 16.5. The molecule has 1 unspecified atom stereocenters. The van der Waals surface area contributed by atoms with Crippen molar-refractivity contribution in [1.82, 2.24) is 4.90 Å². The molecule has 116 valence electrons. The Balaban J connectivity index is 1.76. The van der Waals surface area contributed by atoms with E-state index in [-0.39, 0.29) is 5.92 Å². The lowest BCUT2D eigenvalue weighted by atomic mass is 9.95. The minimum Gasteiger partial charge on any atom is -0.497 e. The van der Waals surface area contributed by atoms with Crippen molar-refractivity contribution in [3.8, 4) is 5.75 Å². The van der Waals surface area contributed by atoms with E-state index in [9.17, 15) is 4.79 Å². The molecule has 1 atom stereocenters. The van der Waals surface area contributed by atoms with Gasteiger partial charge in [0, 0.05) is 6.04 Å². The Kier molecular flexibility index (Phi) is 5.62. The van der Waals surface area contributed by atoms with Crippen molar-refractivity contribution in [3.05, 3.63) is 29.8 Å². The summed E-state index contributed by atoms with van der Waals surface area (Å²) in [7, 11) is 1.68. The Morgan fingerprint density at radius 1 is 1.33 bits per heavy atom. The van der Waals surface area contributed by atoms with Gasteiger partial charge in [-0.25, -0.2) is 0 Å². The maximum absolute atomic E-state index is 11.0. The molecule has 1 aromatic rings. The molecule has 4 heteroatoms. The fourth-order valence-electron chi connectivity index (χ4n) is 2.94. The van der Waals surface area contributed by atoms with Gasteiger partial charge in [0.25, 0.3) is 0 Å². The maximum atomic E-state index is 11.0. The first-order valence-corrected chi connectivity index (χ1v) is 7.70. The van der Waals surface area contributed by atoms with Gasteiger partial charge in [-0.15, -0.1) is 0 Å². The van der Waals surface area contributed by atoms with Crippen LogP contribution in [0.25, 0.3) is 0 Å². The summed E-state index contributed by atoms with van der Waals surface area (Å²) in [6.45, 7) is 4.05. The van der Waals surface area contributed by atoms with Crippen LogP contribution in [0.2, 0.25) is 0 Å². The van der Waals surface area contributed by atoms with Gasteiger partial charge in [0.05, 0.1) is 13.0 Å². The molecule has 1 aliphatic heterocycles. The molecule has 0 radical (unpaired) electrons. The average Bonchev–Trinajstić information content (AvgIpc) is 2.53. The van der Waals surface area contributed by atoms with Gasteiger partial charge in [0.2, 0.25) is 0 Å². The highest BCUT2D eigenvalue weighted by Gasteiger charge is 2.26. The van der Waals surface area contributed by atoms with Crippen LogP contribution >= 0.6 is 0 Å². The van der Waals surface area contributed by atoms with Gasteiger partial charge in [-0.05, 0) is 63.4 Å². The third-order valence-corrected chi connectivity index (χ3v) is 4.51. The number of aliphatic carboxylic acids is 1. The van der Waals surface area contributed by atoms with E-state index in [0.29, 0.717) is 6.04 Å². The topological polar surface area (TPSA) is 49.8 Å². The minimum atomic E-state index is -0.638. The summed E-state index contributed by atoms with van der Waals surface area (Å²) in [4.78, 5) is 13.4. The normalized spacial score (nSPS) is 18.4. The molecule has 21 heavy (non-hydrogen) atoms. The highest BCUT2D eigenvalue weighted by Crippen LogP contribution is 2.21. The van der Waals surface area contributed by atoms with Gasteiger partial charge in [0.15, 0.2) is 0 Å². The minimum absolute atomic E-state index is 0.143. The number of hydrogen-bond donors (Lipinski definition) is 1. The zero-order valence-electron chi connectivity index (χ0n) is 12.9. The molecule has 0 aromatic heterocycles. The van der Waals surface area contributed by atoms with Gasteiger partial charge in [-0.2, -0.15) is 0 Å². The van der Waals surface area contributed by atoms with Crippen LogP contribution in [-0.2, 0) is 11.2 Å². The van der Waals surface area contributed by atoms with E-state index in [1.165, 1.54) is 5.56 Å². The number of carbonyl (C=O) groups is 1. The van der Waals surface area contributed by atoms with E-state index in [4.69, 9.17) is 9.84 Å². The zero-order chi connectivity index (χ0) is 15.2. The summed E-state index contributed by atoms with van der Waals surface area (Å²) in [5, 5.41) is 9.03. The smallest absolute Gasteiger partial charge is 0.306 e. The fraction of sp³-hybridized carbons (Fsp3) is 0.588. The molecule has 0 bridgehead atoms. The fourth-order valence-corrected chi connectivity index (χ4v) is 2.94. The Morgan fingerprint density at radius 3 is 2.48 bits per heavy atom. The molecular weight excluding hydrogens is 266 g/mol. The lowest BCUT2D eigenvalue weighted by molar-refractivity contribution is -0.143. The number of methoxy groups -OCH3 is 1. The van der Waals surface area contributed by atoms with E-state index in [1.807, 2.05) is 12.1 Å². The van der Waals surface area contributed by atoms with Gasteiger partial charge >= 0.3 is 5.97 Å². The summed E-state index contributed by atoms with van der Waals surface area (Å²) < 4.78 is 5.16. The van der Waals surface area contributed by atoms with Gasteiger partial charge in [0.1, 0.15) is 5.75 Å². The molecule has 1 N–H and O–H groups in total. The molecule has 0 aliphatic carbocycles. The van der Waals surface area contributed by atoms with Crippen molar-refractivity contribution in [1.29, 1.82) is 0 Å². The second-order valence-electron chi connectivity index (χ2n) is 5.88. The van der Waals surface area contributed by atoms with E-state index in [2.05, 4.69) is 24.0 Å². The number of nitrogens with zero attached hydrogens (tertiary/aromatic N) is 1. The van der Waals surface area contributed by atoms with Crippen LogP contribution in [0.3, 0.4) is 0 Å². The summed E-state index contributed by atoms with van der Waals surface area (Å²) in [6, 6.07) is 8.73. The second-order valence-corrected chi connectivity index (χ2v) is 5.88. The third-order valence-electron chi connectivity index (χ3n) is 4.51. The van der Waals surface area contributed by atoms with Gasteiger partial charge < -0.3 is 14.7 Å². The summed E-state index contributed by atoms with van der Waals surface area (Å²) in [5.74, 6) is 0.109. The molecule has 0 saturated carbocycles. The molecule has 0 spiro atoms. The standard InChI is InChI=1S/C17H25NO3/c1-13(18-11-9-15(10-12-18)17(19)20)3-4-14-5-7-16(21-2)8-6-14/h5-8,13,15H,3-4,9-12H2,1-2H3,(H,19,20). The summed E-state index contributed by atoms with van der Waals surface area (Å²) in [6.07, 6.45) is 3.71. The molecule has 4 nitrogen and oxygen atoms in total. The number of carboxylic acid groups (broad SMARTS) is 1. The first kappa shape index (κ1) is 15.8. The number of likely N-dealkylation sites (tertiary alicyclic amines) is 1. The number of ether oxygens (including phenoxy) is 1. The first-order chi connectivity index (χ1) is 10.1. The average molecular weight is 291 g/mol. The lowest BCUT2D eigenvalue weighted by Gasteiger charge is -2.34. The largest absolute Gasteiger partial charge is 0.497 e. The maximum Gasteiger partial charge on any atom is 0.306 e. The summed E-state index contributed by atoms with van der Waals surface area (Å²) >= 11 is 0. The van der Waals surface area contributed by atoms with Crippen molar-refractivity contribution in [2.45, 2.75) is 38.6 Å². The van der Waals surface area contributed by atoms with Crippen LogP contribution in [0.5, 0.6) is 5.75 Å². The molecule has 0 amide bonds. The van der Waals surface area contributed by atoms with E-state index < -0.39 is 5.97 Å². The Morgan fingerprint density at radius 2 is 1.95 bits per heavy atom. The van der Waals surface area contributed by atoms with Gasteiger partial charge in [-0.3, -0.25) is 4.79 Å². The third kappa shape index (κ3) is 4.46. The van der Waals surface area contributed by atoms with Crippen molar-refractivity contribution in [3.63, 3.8) is 0 Å². The zero-order valence-corrected chi connectivity index (χ0v) is 12.9. The predicted octanol–water partition coefficient (Wildman–Crippen LogP) is 2.81. The second kappa shape index (κ2) is 7.46. The number of hydrogen-bond acceptors (Lipinski definition) is 3. The van der Waals surface area contributed by atoms with Crippen LogP contribution in [0.1, 0.15) is 31.7 Å². The van der Waals surface area contributed by atoms with Crippen LogP contribution < -0.4 is 4.74 Å². The number of rotatable bonds is 6. The molecule has 2 rings (SSSR count). The lowest BCUT2D eigenvalue weighted by Crippen LogP contribution is -2.41. The van der Waals surface area contributed by atoms with Crippen LogP contribution in [0.15, 0.2) is 24.3 Å². The number of aryl methyl sites for hydroxylation is 1. The Labute approximate surface area is 126 Å². The predicted molar refractivity (Wildman–Crippen MR) is 82.7 cm³/mol. The number of carboxylic acids is 1. The Bertz CT molecular complexity index is 450. The molecule has 1 heterocycles. The quantitative estimate of drug-likeness (QED) is 0.875.